The van der Waals surface area contributed by atoms with E-state index < -0.39 is 5.41 Å². The molecule has 8 heteroatoms. The molecule has 0 radical (unpaired) electrons. The van der Waals surface area contributed by atoms with Crippen LogP contribution in [-0.2, 0) is 9.53 Å². The van der Waals surface area contributed by atoms with E-state index in [-0.39, 0.29) is 23.0 Å². The van der Waals surface area contributed by atoms with Gasteiger partial charge in [-0.05, 0) is 93.2 Å². The number of carbonyl (C=O) groups is 2. The van der Waals surface area contributed by atoms with Crippen LogP contribution in [0.4, 0.5) is 5.69 Å². The summed E-state index contributed by atoms with van der Waals surface area (Å²) in [7, 11) is 0. The van der Waals surface area contributed by atoms with Crippen molar-refractivity contribution in [3.8, 4) is 5.75 Å². The minimum absolute atomic E-state index is 0.102. The molecule has 0 spiro atoms. The molecule has 36 heavy (non-hydrogen) atoms. The van der Waals surface area contributed by atoms with E-state index in [0.717, 1.165) is 42.7 Å². The first-order valence-electron chi connectivity index (χ1n) is 12.5. The summed E-state index contributed by atoms with van der Waals surface area (Å²) in [6, 6.07) is 13.1. The highest BCUT2D eigenvalue weighted by Gasteiger charge is 2.28. The number of thiocarbonyl (C=S) groups is 1. The first-order chi connectivity index (χ1) is 17.1. The molecule has 3 rings (SSSR count). The lowest BCUT2D eigenvalue weighted by Gasteiger charge is -2.24. The Morgan fingerprint density at radius 2 is 1.89 bits per heavy atom. The molecule has 1 atom stereocenters. The van der Waals surface area contributed by atoms with Crippen molar-refractivity contribution in [2.24, 2.45) is 5.41 Å². The van der Waals surface area contributed by atoms with Crippen LogP contribution in [0.15, 0.2) is 42.5 Å². The second-order valence-electron chi connectivity index (χ2n) is 9.94. The second-order valence-corrected chi connectivity index (χ2v) is 10.3. The van der Waals surface area contributed by atoms with E-state index >= 15 is 0 Å². The van der Waals surface area contributed by atoms with Gasteiger partial charge in [0.05, 0.1) is 12.7 Å². The smallest absolute Gasteiger partial charge is 0.251 e. The standard InChI is InChI=1S/C28H37N3O4S/c1-19-8-9-20(2)24(17-19)35-16-6-14-28(3,4)26(33)31-27(36)30-22-12-10-21(11-13-22)25(32)29-18-23-7-5-15-34-23/h8-13,17,23H,5-7,14-16,18H2,1-4H3,(H,29,32)(H2,30,31,33,36). The Morgan fingerprint density at radius 1 is 1.14 bits per heavy atom. The van der Waals surface area contributed by atoms with Crippen LogP contribution in [0, 0.1) is 19.3 Å². The Hall–Kier alpha value is -2.97. The predicted octanol–water partition coefficient (Wildman–Crippen LogP) is 4.91. The third-order valence-corrected chi connectivity index (χ3v) is 6.51. The zero-order chi connectivity index (χ0) is 26.1. The fourth-order valence-corrected chi connectivity index (χ4v) is 4.14. The SMILES string of the molecule is Cc1ccc(C)c(OCCCC(C)(C)C(=O)NC(=S)Nc2ccc(C(=O)NCC3CCCO3)cc2)c1. The monoisotopic (exact) mass is 511 g/mol. The molecule has 7 nitrogen and oxygen atoms in total. The van der Waals surface area contributed by atoms with Crippen molar-refractivity contribution in [3.05, 3.63) is 59.2 Å². The number of benzene rings is 2. The van der Waals surface area contributed by atoms with Crippen molar-refractivity contribution in [2.75, 3.05) is 25.1 Å². The van der Waals surface area contributed by atoms with Gasteiger partial charge in [-0.2, -0.15) is 0 Å². The van der Waals surface area contributed by atoms with Gasteiger partial charge in [0.1, 0.15) is 5.75 Å². The summed E-state index contributed by atoms with van der Waals surface area (Å²) < 4.78 is 11.4. The zero-order valence-corrected chi connectivity index (χ0v) is 22.4. The molecule has 1 fully saturated rings. The lowest BCUT2D eigenvalue weighted by molar-refractivity contribution is -0.128. The number of aryl methyl sites for hydroxylation is 2. The zero-order valence-electron chi connectivity index (χ0n) is 21.6. The van der Waals surface area contributed by atoms with Gasteiger partial charge in [0.15, 0.2) is 5.11 Å². The highest BCUT2D eigenvalue weighted by atomic mass is 32.1. The Labute approximate surface area is 219 Å². The summed E-state index contributed by atoms with van der Waals surface area (Å²) in [4.78, 5) is 25.1. The molecule has 1 aliphatic heterocycles. The van der Waals surface area contributed by atoms with Crippen LogP contribution < -0.4 is 20.7 Å². The number of rotatable bonds is 10. The Balaban J connectivity index is 1.40. The Morgan fingerprint density at radius 3 is 2.58 bits per heavy atom. The Kier molecular flexibility index (Phi) is 9.84. The number of carbonyl (C=O) groups excluding carboxylic acids is 2. The summed E-state index contributed by atoms with van der Waals surface area (Å²) in [5.74, 6) is 0.585. The largest absolute Gasteiger partial charge is 0.493 e. The van der Waals surface area contributed by atoms with E-state index in [4.69, 9.17) is 21.7 Å². The average Bonchev–Trinajstić information content (AvgIpc) is 3.36. The van der Waals surface area contributed by atoms with E-state index in [1.807, 2.05) is 39.8 Å². The third-order valence-electron chi connectivity index (χ3n) is 6.31. The number of nitrogens with one attached hydrogen (secondary N) is 3. The van der Waals surface area contributed by atoms with Crippen LogP contribution in [0.5, 0.6) is 5.75 Å². The molecule has 3 N–H and O–H groups in total. The molecule has 0 aromatic heterocycles. The van der Waals surface area contributed by atoms with Crippen LogP contribution in [0.2, 0.25) is 0 Å². The van der Waals surface area contributed by atoms with Crippen molar-refractivity contribution in [3.63, 3.8) is 0 Å². The number of anilines is 1. The molecular formula is C28H37N3O4S. The van der Waals surface area contributed by atoms with Crippen molar-refractivity contribution in [1.29, 1.82) is 0 Å². The van der Waals surface area contributed by atoms with Gasteiger partial charge in [0, 0.05) is 29.8 Å². The first kappa shape index (κ1) is 27.6. The number of amides is 2. The summed E-state index contributed by atoms with van der Waals surface area (Å²) in [5, 5.41) is 8.91. The molecule has 0 bridgehead atoms. The molecule has 1 aliphatic rings. The minimum Gasteiger partial charge on any atom is -0.493 e. The third kappa shape index (κ3) is 8.31. The van der Waals surface area contributed by atoms with Gasteiger partial charge in [0.25, 0.3) is 5.91 Å². The van der Waals surface area contributed by atoms with Gasteiger partial charge < -0.3 is 25.4 Å². The van der Waals surface area contributed by atoms with E-state index in [9.17, 15) is 9.59 Å². The summed E-state index contributed by atoms with van der Waals surface area (Å²) in [5.41, 5.74) is 2.89. The molecule has 2 aromatic rings. The van der Waals surface area contributed by atoms with Crippen LogP contribution in [0.1, 0.15) is 61.0 Å². The number of hydrogen-bond acceptors (Lipinski definition) is 5. The van der Waals surface area contributed by atoms with Gasteiger partial charge in [-0.1, -0.05) is 26.0 Å². The van der Waals surface area contributed by atoms with Crippen LogP contribution in [0.3, 0.4) is 0 Å². The van der Waals surface area contributed by atoms with Crippen LogP contribution >= 0.6 is 12.2 Å². The molecule has 1 heterocycles. The van der Waals surface area contributed by atoms with Crippen molar-refractivity contribution >= 4 is 34.8 Å². The van der Waals surface area contributed by atoms with Crippen molar-refractivity contribution in [1.82, 2.24) is 10.6 Å². The maximum Gasteiger partial charge on any atom is 0.251 e. The minimum atomic E-state index is -0.609. The molecule has 2 amide bonds. The van der Waals surface area contributed by atoms with Gasteiger partial charge in [-0.25, -0.2) is 0 Å². The summed E-state index contributed by atoms with van der Waals surface area (Å²) in [6.07, 6.45) is 3.51. The lowest BCUT2D eigenvalue weighted by atomic mass is 9.87. The fourth-order valence-electron chi connectivity index (χ4n) is 3.93. The molecule has 2 aromatic carbocycles. The van der Waals surface area contributed by atoms with E-state index in [1.165, 1.54) is 0 Å². The highest BCUT2D eigenvalue weighted by molar-refractivity contribution is 7.80. The van der Waals surface area contributed by atoms with Gasteiger partial charge in [0.2, 0.25) is 5.91 Å². The summed E-state index contributed by atoms with van der Waals surface area (Å²) >= 11 is 5.33. The number of ether oxygens (including phenoxy) is 2. The van der Waals surface area contributed by atoms with E-state index in [0.29, 0.717) is 30.8 Å². The Bertz CT molecular complexity index is 1060. The van der Waals surface area contributed by atoms with Crippen LogP contribution in [0.25, 0.3) is 0 Å². The fraction of sp³-hybridized carbons (Fsp3) is 0.464. The van der Waals surface area contributed by atoms with Gasteiger partial charge in [-0.3, -0.25) is 9.59 Å². The topological polar surface area (TPSA) is 88.7 Å². The van der Waals surface area contributed by atoms with E-state index in [1.54, 1.807) is 24.3 Å². The van der Waals surface area contributed by atoms with E-state index in [2.05, 4.69) is 22.0 Å². The average molecular weight is 512 g/mol. The highest BCUT2D eigenvalue weighted by Crippen LogP contribution is 2.24. The lowest BCUT2D eigenvalue weighted by Crippen LogP contribution is -2.42. The normalized spacial score (nSPS) is 15.3. The first-order valence-corrected chi connectivity index (χ1v) is 12.9. The van der Waals surface area contributed by atoms with Crippen molar-refractivity contribution in [2.45, 2.75) is 59.5 Å². The summed E-state index contributed by atoms with van der Waals surface area (Å²) in [6.45, 7) is 9.67. The molecule has 194 valence electrons. The van der Waals surface area contributed by atoms with Gasteiger partial charge >= 0.3 is 0 Å². The van der Waals surface area contributed by atoms with Gasteiger partial charge in [-0.15, -0.1) is 0 Å². The molecule has 0 aliphatic carbocycles. The second kappa shape index (κ2) is 12.8. The maximum atomic E-state index is 12.8. The quantitative estimate of drug-likeness (QED) is 0.310. The molecule has 1 unspecified atom stereocenters. The van der Waals surface area contributed by atoms with Crippen LogP contribution in [-0.4, -0.2) is 42.8 Å². The predicted molar refractivity (Wildman–Crippen MR) is 147 cm³/mol. The maximum absolute atomic E-state index is 12.8. The molecular weight excluding hydrogens is 474 g/mol. The molecule has 0 saturated carbocycles. The number of hydrogen-bond donors (Lipinski definition) is 3. The van der Waals surface area contributed by atoms with Crippen molar-refractivity contribution < 1.29 is 19.1 Å². The molecule has 1 saturated heterocycles.